The predicted molar refractivity (Wildman–Crippen MR) is 150 cm³/mol. The van der Waals surface area contributed by atoms with Crippen molar-refractivity contribution in [2.24, 2.45) is 0 Å². The lowest BCUT2D eigenvalue weighted by Crippen LogP contribution is -2.33. The first-order chi connectivity index (χ1) is 18.5. The van der Waals surface area contributed by atoms with Crippen LogP contribution in [0.4, 0.5) is 0 Å². The number of ether oxygens (including phenoxy) is 1. The zero-order chi connectivity index (χ0) is 26.2. The summed E-state index contributed by atoms with van der Waals surface area (Å²) in [6, 6.07) is 20.2. The van der Waals surface area contributed by atoms with Gasteiger partial charge in [-0.05, 0) is 65.9 Å². The first kappa shape index (κ1) is 24.1. The Kier molecular flexibility index (Phi) is 6.29. The number of pyridine rings is 1. The van der Waals surface area contributed by atoms with Crippen molar-refractivity contribution < 1.29 is 9.53 Å². The van der Waals surface area contributed by atoms with Gasteiger partial charge in [0.25, 0.3) is 0 Å². The van der Waals surface area contributed by atoms with Crippen LogP contribution in [-0.4, -0.2) is 45.5 Å². The molecule has 7 nitrogen and oxygen atoms in total. The number of methoxy groups -OCH3 is 1. The average molecular weight is 507 g/mol. The Hall–Kier alpha value is -4.23. The average Bonchev–Trinajstić information content (AvgIpc) is 3.65. The van der Waals surface area contributed by atoms with Crippen LogP contribution in [0.2, 0.25) is 0 Å². The number of aromatic nitrogens is 3. The van der Waals surface area contributed by atoms with Crippen molar-refractivity contribution in [1.82, 2.24) is 19.9 Å². The molecule has 2 aromatic heterocycles. The number of benzene rings is 3. The van der Waals surface area contributed by atoms with E-state index in [-0.39, 0.29) is 23.5 Å². The first-order valence-corrected chi connectivity index (χ1v) is 13.0. The van der Waals surface area contributed by atoms with Crippen molar-refractivity contribution in [3.63, 3.8) is 0 Å². The van der Waals surface area contributed by atoms with Gasteiger partial charge in [0, 0.05) is 41.9 Å². The summed E-state index contributed by atoms with van der Waals surface area (Å²) in [5.41, 5.74) is 5.66. The lowest BCUT2D eigenvalue weighted by atomic mass is 9.98. The normalized spacial score (nSPS) is 16.4. The number of carbonyl (C=O) groups is 1. The summed E-state index contributed by atoms with van der Waals surface area (Å²) in [6.07, 6.45) is 5.46. The van der Waals surface area contributed by atoms with E-state index in [1.165, 1.54) is 0 Å². The van der Waals surface area contributed by atoms with Crippen molar-refractivity contribution in [1.29, 1.82) is 0 Å². The van der Waals surface area contributed by atoms with Gasteiger partial charge in [-0.1, -0.05) is 30.3 Å². The van der Waals surface area contributed by atoms with Gasteiger partial charge in [-0.15, -0.1) is 0 Å². The van der Waals surface area contributed by atoms with Gasteiger partial charge in [0.2, 0.25) is 5.91 Å². The highest BCUT2D eigenvalue weighted by molar-refractivity contribution is 5.92. The highest BCUT2D eigenvalue weighted by atomic mass is 16.5. The van der Waals surface area contributed by atoms with E-state index in [4.69, 9.17) is 4.74 Å². The Morgan fingerprint density at radius 1 is 1.05 bits per heavy atom. The molecule has 0 bridgehead atoms. The standard InChI is InChI=1S/C31H30N4O3/c1-19(38-2)12-31(37)35-11-3-4-29(35)27-16-30(36)25-15-23(9-10-26(25)34-27)21-5-6-22-14-24(8-7-20(22)13-21)28-17-32-18-33-28/h5-10,13-19,29H,3-4,11-12H2,1-2H3,(H,32,33)(H,34,36). The van der Waals surface area contributed by atoms with Gasteiger partial charge in [0.05, 0.1) is 36.8 Å². The van der Waals surface area contributed by atoms with Crippen LogP contribution in [0, 0.1) is 0 Å². The van der Waals surface area contributed by atoms with Crippen LogP contribution in [-0.2, 0) is 9.53 Å². The summed E-state index contributed by atoms with van der Waals surface area (Å²) in [5, 5.41) is 2.91. The third-order valence-electron chi connectivity index (χ3n) is 7.63. The van der Waals surface area contributed by atoms with Gasteiger partial charge in [-0.25, -0.2) is 4.98 Å². The Morgan fingerprint density at radius 3 is 2.55 bits per heavy atom. The number of hydrogen-bond acceptors (Lipinski definition) is 4. The van der Waals surface area contributed by atoms with Gasteiger partial charge >= 0.3 is 0 Å². The van der Waals surface area contributed by atoms with E-state index in [9.17, 15) is 9.59 Å². The van der Waals surface area contributed by atoms with Crippen molar-refractivity contribution in [2.75, 3.05) is 13.7 Å². The number of rotatable bonds is 6. The van der Waals surface area contributed by atoms with E-state index in [1.54, 1.807) is 19.5 Å². The smallest absolute Gasteiger partial charge is 0.225 e. The number of fused-ring (bicyclic) bond motifs is 2. The Bertz CT molecular complexity index is 1690. The number of likely N-dealkylation sites (tertiary alicyclic amines) is 1. The molecule has 6 rings (SSSR count). The van der Waals surface area contributed by atoms with Crippen molar-refractivity contribution in [3.05, 3.63) is 89.1 Å². The second kappa shape index (κ2) is 9.91. The van der Waals surface area contributed by atoms with E-state index >= 15 is 0 Å². The molecule has 2 unspecified atom stereocenters. The molecule has 1 saturated heterocycles. The SMILES string of the molecule is COC(C)CC(=O)N1CCCC1c1cc(=O)c2cc(-c3ccc4cc(-c5cnc[nH]5)ccc4c3)ccc2[nH]1. The van der Waals surface area contributed by atoms with Gasteiger partial charge < -0.3 is 19.6 Å². The van der Waals surface area contributed by atoms with Crippen LogP contribution in [0.25, 0.3) is 44.1 Å². The van der Waals surface area contributed by atoms with Gasteiger partial charge in [-0.3, -0.25) is 9.59 Å². The maximum absolute atomic E-state index is 13.3. The zero-order valence-electron chi connectivity index (χ0n) is 21.5. The number of carbonyl (C=O) groups excluding carboxylic acids is 1. The van der Waals surface area contributed by atoms with Gasteiger partial charge in [0.15, 0.2) is 5.43 Å². The van der Waals surface area contributed by atoms with E-state index in [0.29, 0.717) is 18.4 Å². The summed E-state index contributed by atoms with van der Waals surface area (Å²) in [4.78, 5) is 38.7. The molecule has 1 aliphatic heterocycles. The zero-order valence-corrected chi connectivity index (χ0v) is 21.5. The second-order valence-corrected chi connectivity index (χ2v) is 10.1. The van der Waals surface area contributed by atoms with Gasteiger partial charge in [0.1, 0.15) is 0 Å². The number of imidazole rings is 1. The number of H-pyrrole nitrogens is 2. The first-order valence-electron chi connectivity index (χ1n) is 13.0. The number of hydrogen-bond donors (Lipinski definition) is 2. The maximum atomic E-state index is 13.3. The number of nitrogens with zero attached hydrogens (tertiary/aromatic N) is 2. The molecule has 2 N–H and O–H groups in total. The summed E-state index contributed by atoms with van der Waals surface area (Å²) < 4.78 is 5.28. The minimum Gasteiger partial charge on any atom is -0.381 e. The fourth-order valence-electron chi connectivity index (χ4n) is 5.47. The third kappa shape index (κ3) is 4.50. The maximum Gasteiger partial charge on any atom is 0.225 e. The third-order valence-corrected chi connectivity index (χ3v) is 7.63. The minimum atomic E-state index is -0.133. The van der Waals surface area contributed by atoms with Crippen LogP contribution >= 0.6 is 0 Å². The molecule has 1 aliphatic rings. The highest BCUT2D eigenvalue weighted by Crippen LogP contribution is 2.33. The van der Waals surface area contributed by atoms with E-state index < -0.39 is 0 Å². The van der Waals surface area contributed by atoms with E-state index in [2.05, 4.69) is 51.4 Å². The molecule has 2 atom stereocenters. The molecular weight excluding hydrogens is 476 g/mol. The molecule has 7 heteroatoms. The Balaban J connectivity index is 1.30. The molecule has 0 saturated carbocycles. The number of aromatic amines is 2. The summed E-state index contributed by atoms with van der Waals surface area (Å²) >= 11 is 0. The van der Waals surface area contributed by atoms with E-state index in [1.807, 2.05) is 36.2 Å². The lowest BCUT2D eigenvalue weighted by Gasteiger charge is -2.26. The molecule has 192 valence electrons. The van der Waals surface area contributed by atoms with Gasteiger partial charge in [-0.2, -0.15) is 0 Å². The van der Waals surface area contributed by atoms with Crippen LogP contribution in [0.1, 0.15) is 37.9 Å². The summed E-state index contributed by atoms with van der Waals surface area (Å²) in [7, 11) is 1.62. The van der Waals surface area contributed by atoms with Crippen molar-refractivity contribution >= 4 is 27.6 Å². The van der Waals surface area contributed by atoms with Crippen LogP contribution in [0.3, 0.4) is 0 Å². The molecule has 1 amide bonds. The summed E-state index contributed by atoms with van der Waals surface area (Å²) in [5.74, 6) is 0.0612. The Morgan fingerprint density at radius 2 is 1.79 bits per heavy atom. The number of amides is 1. The monoisotopic (exact) mass is 506 g/mol. The summed E-state index contributed by atoms with van der Waals surface area (Å²) in [6.45, 7) is 2.59. The number of nitrogens with one attached hydrogen (secondary N) is 2. The van der Waals surface area contributed by atoms with Crippen LogP contribution in [0.5, 0.6) is 0 Å². The predicted octanol–water partition coefficient (Wildman–Crippen LogP) is 5.83. The molecule has 3 aromatic carbocycles. The molecule has 0 radical (unpaired) electrons. The molecular formula is C31H30N4O3. The molecule has 38 heavy (non-hydrogen) atoms. The molecule has 1 fully saturated rings. The fraction of sp³-hybridized carbons (Fsp3) is 0.258. The lowest BCUT2D eigenvalue weighted by molar-refractivity contribution is -0.134. The van der Waals surface area contributed by atoms with Crippen molar-refractivity contribution in [2.45, 2.75) is 38.3 Å². The van der Waals surface area contributed by atoms with Crippen LogP contribution < -0.4 is 5.43 Å². The molecule has 0 aliphatic carbocycles. The van der Waals surface area contributed by atoms with Crippen LogP contribution in [0.15, 0.2) is 78.0 Å². The largest absolute Gasteiger partial charge is 0.381 e. The topological polar surface area (TPSA) is 91.1 Å². The fourth-order valence-corrected chi connectivity index (χ4v) is 5.47. The molecule has 3 heterocycles. The Labute approximate surface area is 220 Å². The highest BCUT2D eigenvalue weighted by Gasteiger charge is 2.31. The molecule has 0 spiro atoms. The molecule has 5 aromatic rings. The minimum absolute atomic E-state index is 0.0369. The second-order valence-electron chi connectivity index (χ2n) is 10.1. The van der Waals surface area contributed by atoms with E-state index in [0.717, 1.165) is 57.2 Å². The quantitative estimate of drug-likeness (QED) is 0.303. The van der Waals surface area contributed by atoms with Crippen molar-refractivity contribution in [3.8, 4) is 22.4 Å².